The molecule has 1 aliphatic heterocycles. The second kappa shape index (κ2) is 9.15. The number of carbonyl (C=O) groups excluding carboxylic acids is 3. The van der Waals surface area contributed by atoms with Crippen molar-refractivity contribution in [2.75, 3.05) is 19.6 Å². The lowest BCUT2D eigenvalue weighted by atomic mass is 10.2. The van der Waals surface area contributed by atoms with Gasteiger partial charge in [-0.25, -0.2) is 4.39 Å². The van der Waals surface area contributed by atoms with E-state index in [-0.39, 0.29) is 18.0 Å². The molecule has 2 rings (SSSR count). The van der Waals surface area contributed by atoms with E-state index in [9.17, 15) is 18.8 Å². The van der Waals surface area contributed by atoms with Gasteiger partial charge in [0.2, 0.25) is 0 Å². The molecule has 6 nitrogen and oxygen atoms in total. The average Bonchev–Trinajstić information content (AvgIpc) is 2.88. The third-order valence-corrected chi connectivity index (χ3v) is 4.05. The fourth-order valence-electron chi connectivity index (χ4n) is 2.72. The first kappa shape index (κ1) is 18.9. The number of hydrogen-bond acceptors (Lipinski definition) is 4. The van der Waals surface area contributed by atoms with Gasteiger partial charge in [-0.05, 0) is 38.0 Å². The zero-order chi connectivity index (χ0) is 18.2. The third-order valence-electron chi connectivity index (χ3n) is 4.05. The molecule has 0 spiro atoms. The molecule has 2 amide bonds. The van der Waals surface area contributed by atoms with Gasteiger partial charge in [-0.1, -0.05) is 18.9 Å². The van der Waals surface area contributed by atoms with Gasteiger partial charge in [-0.2, -0.15) is 0 Å². The minimum Gasteiger partial charge on any atom is -0.451 e. The van der Waals surface area contributed by atoms with Crippen molar-refractivity contribution in [1.29, 1.82) is 0 Å². The first-order valence-electron chi connectivity index (χ1n) is 8.49. The van der Waals surface area contributed by atoms with Crippen molar-refractivity contribution < 1.29 is 23.5 Å². The van der Waals surface area contributed by atoms with Crippen LogP contribution < -0.4 is 5.32 Å². The van der Waals surface area contributed by atoms with Gasteiger partial charge < -0.3 is 15.0 Å². The molecule has 1 aromatic carbocycles. The lowest BCUT2D eigenvalue weighted by molar-refractivity contribution is -0.158. The quantitative estimate of drug-likeness (QED) is 0.823. The van der Waals surface area contributed by atoms with Gasteiger partial charge in [-0.3, -0.25) is 14.4 Å². The molecule has 1 saturated heterocycles. The van der Waals surface area contributed by atoms with Crippen LogP contribution in [0, 0.1) is 5.82 Å². The Balaban J connectivity index is 1.78. The summed E-state index contributed by atoms with van der Waals surface area (Å²) in [6, 6.07) is 5.15. The van der Waals surface area contributed by atoms with Crippen LogP contribution in [0.3, 0.4) is 0 Å². The van der Waals surface area contributed by atoms with E-state index >= 15 is 0 Å². The molecular formula is C18H23FN2O4. The van der Waals surface area contributed by atoms with Crippen molar-refractivity contribution in [2.45, 2.75) is 38.7 Å². The van der Waals surface area contributed by atoms with E-state index in [0.29, 0.717) is 13.1 Å². The Bertz CT molecular complexity index is 627. The van der Waals surface area contributed by atoms with Gasteiger partial charge >= 0.3 is 5.97 Å². The average molecular weight is 350 g/mol. The van der Waals surface area contributed by atoms with Gasteiger partial charge in [0.25, 0.3) is 11.8 Å². The number of halogens is 1. The molecule has 1 aromatic rings. The largest absolute Gasteiger partial charge is 0.451 e. The van der Waals surface area contributed by atoms with Crippen LogP contribution in [-0.2, 0) is 14.3 Å². The highest BCUT2D eigenvalue weighted by molar-refractivity contribution is 5.96. The first-order valence-corrected chi connectivity index (χ1v) is 8.49. The molecule has 0 bridgehead atoms. The molecule has 25 heavy (non-hydrogen) atoms. The molecule has 1 aliphatic rings. The standard InChI is InChI=1S/C18H23FN2O4/c1-13(18(24)21-9-4-2-3-5-10-21)25-16(22)12-20-17(23)14-7-6-8-15(19)11-14/h6-8,11,13H,2-5,9-10,12H2,1H3,(H,20,23). The van der Waals surface area contributed by atoms with E-state index in [1.54, 1.807) is 4.90 Å². The van der Waals surface area contributed by atoms with Gasteiger partial charge in [0, 0.05) is 18.7 Å². The number of rotatable bonds is 5. The monoisotopic (exact) mass is 350 g/mol. The SMILES string of the molecule is CC(OC(=O)CNC(=O)c1cccc(F)c1)C(=O)N1CCCCCC1. The minimum atomic E-state index is -0.892. The zero-order valence-corrected chi connectivity index (χ0v) is 14.3. The summed E-state index contributed by atoms with van der Waals surface area (Å²) in [5.74, 6) is -2.04. The maximum absolute atomic E-state index is 13.1. The number of nitrogens with one attached hydrogen (secondary N) is 1. The lowest BCUT2D eigenvalue weighted by Gasteiger charge is -2.24. The Morgan fingerprint density at radius 2 is 1.88 bits per heavy atom. The smallest absolute Gasteiger partial charge is 0.326 e. The first-order chi connectivity index (χ1) is 12.0. The molecule has 0 aliphatic carbocycles. The van der Waals surface area contributed by atoms with E-state index in [0.717, 1.165) is 31.7 Å². The fourth-order valence-corrected chi connectivity index (χ4v) is 2.72. The van der Waals surface area contributed by atoms with E-state index in [4.69, 9.17) is 4.74 Å². The fraction of sp³-hybridized carbons (Fsp3) is 0.500. The Morgan fingerprint density at radius 1 is 1.20 bits per heavy atom. The van der Waals surface area contributed by atoms with Crippen molar-refractivity contribution >= 4 is 17.8 Å². The summed E-state index contributed by atoms with van der Waals surface area (Å²) in [5.41, 5.74) is 0.112. The molecular weight excluding hydrogens is 327 g/mol. The second-order valence-electron chi connectivity index (χ2n) is 6.06. The van der Waals surface area contributed by atoms with Gasteiger partial charge in [0.15, 0.2) is 6.10 Å². The lowest BCUT2D eigenvalue weighted by Crippen LogP contribution is -2.42. The summed E-state index contributed by atoms with van der Waals surface area (Å²) < 4.78 is 18.2. The number of nitrogens with zero attached hydrogens (tertiary/aromatic N) is 1. The van der Waals surface area contributed by atoms with E-state index in [2.05, 4.69) is 5.32 Å². The molecule has 1 atom stereocenters. The molecule has 1 heterocycles. The summed E-state index contributed by atoms with van der Waals surface area (Å²) >= 11 is 0. The Hall–Kier alpha value is -2.44. The number of hydrogen-bond donors (Lipinski definition) is 1. The highest BCUT2D eigenvalue weighted by atomic mass is 19.1. The number of likely N-dealkylation sites (tertiary alicyclic amines) is 1. The zero-order valence-electron chi connectivity index (χ0n) is 14.3. The highest BCUT2D eigenvalue weighted by Gasteiger charge is 2.24. The van der Waals surface area contributed by atoms with Crippen LogP contribution in [-0.4, -0.2) is 48.4 Å². The molecule has 7 heteroatoms. The number of ether oxygens (including phenoxy) is 1. The van der Waals surface area contributed by atoms with Crippen molar-refractivity contribution in [2.24, 2.45) is 0 Å². The van der Waals surface area contributed by atoms with Crippen molar-refractivity contribution in [3.05, 3.63) is 35.6 Å². The Morgan fingerprint density at radius 3 is 2.52 bits per heavy atom. The summed E-state index contributed by atoms with van der Waals surface area (Å²) in [7, 11) is 0. The maximum Gasteiger partial charge on any atom is 0.326 e. The van der Waals surface area contributed by atoms with Crippen molar-refractivity contribution in [3.63, 3.8) is 0 Å². The maximum atomic E-state index is 13.1. The predicted molar refractivity (Wildman–Crippen MR) is 89.3 cm³/mol. The van der Waals surface area contributed by atoms with Crippen LogP contribution in [0.5, 0.6) is 0 Å². The van der Waals surface area contributed by atoms with Crippen LogP contribution in [0.15, 0.2) is 24.3 Å². The number of benzene rings is 1. The van der Waals surface area contributed by atoms with Crippen LogP contribution in [0.4, 0.5) is 4.39 Å². The second-order valence-corrected chi connectivity index (χ2v) is 6.06. The molecule has 136 valence electrons. The van der Waals surface area contributed by atoms with Gasteiger partial charge in [0.05, 0.1) is 0 Å². The normalized spacial score (nSPS) is 15.8. The molecule has 1 unspecified atom stereocenters. The summed E-state index contributed by atoms with van der Waals surface area (Å²) in [6.07, 6.45) is 3.22. The van der Waals surface area contributed by atoms with Crippen LogP contribution in [0.1, 0.15) is 43.0 Å². The number of amides is 2. The molecule has 0 radical (unpaired) electrons. The minimum absolute atomic E-state index is 0.112. The Kier molecular flexibility index (Phi) is 6.91. The summed E-state index contributed by atoms with van der Waals surface area (Å²) in [4.78, 5) is 37.7. The summed E-state index contributed by atoms with van der Waals surface area (Å²) in [5, 5.41) is 2.35. The van der Waals surface area contributed by atoms with Crippen molar-refractivity contribution in [1.82, 2.24) is 10.2 Å². The van der Waals surface area contributed by atoms with Crippen LogP contribution >= 0.6 is 0 Å². The number of esters is 1. The topological polar surface area (TPSA) is 75.7 Å². The Labute approximate surface area is 146 Å². The predicted octanol–water partition coefficient (Wildman–Crippen LogP) is 1.89. The molecule has 1 N–H and O–H groups in total. The number of carbonyl (C=O) groups is 3. The third kappa shape index (κ3) is 5.85. The van der Waals surface area contributed by atoms with Crippen molar-refractivity contribution in [3.8, 4) is 0 Å². The molecule has 0 saturated carbocycles. The molecule has 0 aromatic heterocycles. The highest BCUT2D eigenvalue weighted by Crippen LogP contribution is 2.11. The van der Waals surface area contributed by atoms with Crippen LogP contribution in [0.2, 0.25) is 0 Å². The van der Waals surface area contributed by atoms with Gasteiger partial charge in [-0.15, -0.1) is 0 Å². The molecule has 1 fully saturated rings. The van der Waals surface area contributed by atoms with E-state index in [1.807, 2.05) is 0 Å². The van der Waals surface area contributed by atoms with Gasteiger partial charge in [0.1, 0.15) is 12.4 Å². The summed E-state index contributed by atoms with van der Waals surface area (Å²) in [6.45, 7) is 2.50. The van der Waals surface area contributed by atoms with E-state index < -0.39 is 23.8 Å². The van der Waals surface area contributed by atoms with E-state index in [1.165, 1.54) is 25.1 Å². The van der Waals surface area contributed by atoms with Crippen LogP contribution in [0.25, 0.3) is 0 Å².